The molecule has 26 heavy (non-hydrogen) atoms. The summed E-state index contributed by atoms with van der Waals surface area (Å²) in [5.41, 5.74) is 0.429. The van der Waals surface area contributed by atoms with Crippen molar-refractivity contribution in [3.8, 4) is 5.75 Å². The molecule has 0 aliphatic carbocycles. The molecule has 0 atom stereocenters. The first kappa shape index (κ1) is 18.2. The molecule has 0 saturated heterocycles. The van der Waals surface area contributed by atoms with Gasteiger partial charge in [0, 0.05) is 12.1 Å². The second-order valence-corrected chi connectivity index (χ2v) is 5.53. The first-order valence-electron chi connectivity index (χ1n) is 7.48. The van der Waals surface area contributed by atoms with Crippen molar-refractivity contribution in [1.29, 1.82) is 0 Å². The second kappa shape index (κ2) is 6.97. The van der Waals surface area contributed by atoms with Crippen LogP contribution in [0.5, 0.6) is 5.75 Å². The number of benzene rings is 2. The predicted octanol–water partition coefficient (Wildman–Crippen LogP) is 1.87. The van der Waals surface area contributed by atoms with Gasteiger partial charge >= 0.3 is 13.5 Å². The van der Waals surface area contributed by atoms with Gasteiger partial charge in [-0.3, -0.25) is 4.79 Å². The standard InChI is InChI=1S/C16H12BF4NO4/c18-13-5-10-8-25-17(24)12(10)6-11(13)15(23)22-7-9-3-1-2-4-14(9)26-16(19,20)21/h1-6,24H,7-8H2,(H,22,23). The summed E-state index contributed by atoms with van der Waals surface area (Å²) in [6.45, 7) is -0.280. The fourth-order valence-electron chi connectivity index (χ4n) is 2.56. The lowest BCUT2D eigenvalue weighted by atomic mass is 9.78. The summed E-state index contributed by atoms with van der Waals surface area (Å²) in [6.07, 6.45) is -4.87. The first-order valence-corrected chi connectivity index (χ1v) is 7.48. The Kier molecular flexibility index (Phi) is 4.88. The van der Waals surface area contributed by atoms with Crippen molar-refractivity contribution in [2.24, 2.45) is 0 Å². The smallest absolute Gasteiger partial charge is 0.423 e. The molecule has 0 unspecified atom stereocenters. The molecular formula is C16H12BF4NO4. The Morgan fingerprint density at radius 3 is 2.77 bits per heavy atom. The van der Waals surface area contributed by atoms with Crippen LogP contribution in [-0.2, 0) is 17.8 Å². The van der Waals surface area contributed by atoms with E-state index in [1.807, 2.05) is 0 Å². The van der Waals surface area contributed by atoms with E-state index in [4.69, 9.17) is 4.65 Å². The third-order valence-electron chi connectivity index (χ3n) is 3.77. The molecule has 1 aliphatic heterocycles. The molecule has 0 bridgehead atoms. The maximum Gasteiger partial charge on any atom is 0.573 e. The molecular weight excluding hydrogens is 357 g/mol. The van der Waals surface area contributed by atoms with E-state index in [1.54, 1.807) is 0 Å². The van der Waals surface area contributed by atoms with E-state index >= 15 is 0 Å². The molecule has 2 aromatic rings. The topological polar surface area (TPSA) is 67.8 Å². The van der Waals surface area contributed by atoms with Crippen LogP contribution in [0.1, 0.15) is 21.5 Å². The van der Waals surface area contributed by atoms with E-state index in [-0.39, 0.29) is 29.7 Å². The van der Waals surface area contributed by atoms with Gasteiger partial charge in [0.1, 0.15) is 11.6 Å². The highest BCUT2D eigenvalue weighted by atomic mass is 19.4. The van der Waals surface area contributed by atoms with Crippen LogP contribution in [0.4, 0.5) is 17.6 Å². The quantitative estimate of drug-likeness (QED) is 0.638. The van der Waals surface area contributed by atoms with Gasteiger partial charge in [0.25, 0.3) is 5.91 Å². The molecule has 1 amide bonds. The number of carbonyl (C=O) groups is 1. The third kappa shape index (κ3) is 3.97. The largest absolute Gasteiger partial charge is 0.573 e. The number of ether oxygens (including phenoxy) is 1. The molecule has 10 heteroatoms. The predicted molar refractivity (Wildman–Crippen MR) is 83.1 cm³/mol. The van der Waals surface area contributed by atoms with Crippen LogP contribution in [0.25, 0.3) is 0 Å². The summed E-state index contributed by atoms with van der Waals surface area (Å²) in [4.78, 5) is 12.2. The summed E-state index contributed by atoms with van der Waals surface area (Å²) in [7, 11) is -1.25. The van der Waals surface area contributed by atoms with Crippen molar-refractivity contribution in [3.05, 3.63) is 58.9 Å². The molecule has 0 aromatic heterocycles. The Labute approximate surface area is 145 Å². The number of halogens is 4. The number of hydrogen-bond acceptors (Lipinski definition) is 4. The Morgan fingerprint density at radius 1 is 1.31 bits per heavy atom. The van der Waals surface area contributed by atoms with Gasteiger partial charge in [-0.25, -0.2) is 4.39 Å². The van der Waals surface area contributed by atoms with Crippen molar-refractivity contribution >= 4 is 18.5 Å². The zero-order chi connectivity index (χ0) is 18.9. The maximum absolute atomic E-state index is 14.1. The lowest BCUT2D eigenvalue weighted by Crippen LogP contribution is -2.31. The minimum atomic E-state index is -4.87. The van der Waals surface area contributed by atoms with Gasteiger partial charge in [0.2, 0.25) is 0 Å². The maximum atomic E-state index is 14.1. The van der Waals surface area contributed by atoms with E-state index in [9.17, 15) is 27.4 Å². The van der Waals surface area contributed by atoms with E-state index in [0.717, 1.165) is 18.2 Å². The lowest BCUT2D eigenvalue weighted by molar-refractivity contribution is -0.274. The Bertz CT molecular complexity index is 843. The van der Waals surface area contributed by atoms with Gasteiger partial charge < -0.3 is 19.7 Å². The van der Waals surface area contributed by atoms with E-state index in [0.29, 0.717) is 5.56 Å². The van der Waals surface area contributed by atoms with Crippen molar-refractivity contribution < 1.29 is 36.8 Å². The molecule has 1 heterocycles. The van der Waals surface area contributed by atoms with Crippen molar-refractivity contribution in [2.45, 2.75) is 19.5 Å². The second-order valence-electron chi connectivity index (χ2n) is 5.53. The zero-order valence-corrected chi connectivity index (χ0v) is 13.1. The summed E-state index contributed by atoms with van der Waals surface area (Å²) in [5, 5.41) is 12.0. The number of fused-ring (bicyclic) bond motifs is 1. The van der Waals surface area contributed by atoms with E-state index < -0.39 is 31.0 Å². The van der Waals surface area contributed by atoms with Crippen LogP contribution in [0.3, 0.4) is 0 Å². The fourth-order valence-corrected chi connectivity index (χ4v) is 2.56. The Morgan fingerprint density at radius 2 is 2.04 bits per heavy atom. The van der Waals surface area contributed by atoms with Crippen molar-refractivity contribution in [2.75, 3.05) is 0 Å². The molecule has 3 rings (SSSR count). The highest BCUT2D eigenvalue weighted by Gasteiger charge is 2.32. The van der Waals surface area contributed by atoms with Gasteiger partial charge in [-0.1, -0.05) is 18.2 Å². The molecule has 2 aromatic carbocycles. The molecule has 0 spiro atoms. The minimum Gasteiger partial charge on any atom is -0.423 e. The number of hydrogen-bond donors (Lipinski definition) is 2. The molecule has 2 N–H and O–H groups in total. The van der Waals surface area contributed by atoms with Gasteiger partial charge in [-0.15, -0.1) is 13.2 Å². The van der Waals surface area contributed by atoms with E-state index in [1.165, 1.54) is 18.2 Å². The number of amides is 1. The molecule has 136 valence electrons. The summed E-state index contributed by atoms with van der Waals surface area (Å²) >= 11 is 0. The van der Waals surface area contributed by atoms with Gasteiger partial charge in [0.15, 0.2) is 0 Å². The zero-order valence-electron chi connectivity index (χ0n) is 13.1. The SMILES string of the molecule is O=C(NCc1ccccc1OC(F)(F)F)c1cc2c(cc1F)COB2O. The highest BCUT2D eigenvalue weighted by Crippen LogP contribution is 2.26. The van der Waals surface area contributed by atoms with Gasteiger partial charge in [0.05, 0.1) is 12.2 Å². The van der Waals surface area contributed by atoms with Crippen LogP contribution >= 0.6 is 0 Å². The molecule has 1 aliphatic rings. The Balaban J connectivity index is 1.75. The first-order chi connectivity index (χ1) is 12.2. The average molecular weight is 369 g/mol. The van der Waals surface area contributed by atoms with Gasteiger partial charge in [-0.05, 0) is 29.2 Å². The number of carbonyl (C=O) groups excluding carboxylic acids is 1. The normalized spacial score (nSPS) is 13.5. The summed E-state index contributed by atoms with van der Waals surface area (Å²) < 4.78 is 60.1. The molecule has 0 radical (unpaired) electrons. The average Bonchev–Trinajstić information content (AvgIpc) is 2.92. The van der Waals surface area contributed by atoms with Crippen LogP contribution < -0.4 is 15.5 Å². The third-order valence-corrected chi connectivity index (χ3v) is 3.77. The van der Waals surface area contributed by atoms with Crippen molar-refractivity contribution in [3.63, 3.8) is 0 Å². The van der Waals surface area contributed by atoms with Crippen LogP contribution in [0.15, 0.2) is 36.4 Å². The number of nitrogens with one attached hydrogen (secondary N) is 1. The summed E-state index contributed by atoms with van der Waals surface area (Å²) in [6, 6.07) is 7.54. The molecule has 0 saturated carbocycles. The number of rotatable bonds is 4. The van der Waals surface area contributed by atoms with Crippen LogP contribution in [0.2, 0.25) is 0 Å². The lowest BCUT2D eigenvalue weighted by Gasteiger charge is -2.14. The number of para-hydroxylation sites is 1. The van der Waals surface area contributed by atoms with E-state index in [2.05, 4.69) is 10.1 Å². The Hall–Kier alpha value is -2.59. The molecule has 5 nitrogen and oxygen atoms in total. The monoisotopic (exact) mass is 369 g/mol. The fraction of sp³-hybridized carbons (Fsp3) is 0.188. The molecule has 0 fully saturated rings. The summed E-state index contributed by atoms with van der Waals surface area (Å²) in [5.74, 6) is -2.12. The number of alkyl halides is 3. The van der Waals surface area contributed by atoms with Crippen LogP contribution in [-0.4, -0.2) is 24.4 Å². The van der Waals surface area contributed by atoms with Crippen molar-refractivity contribution in [1.82, 2.24) is 5.32 Å². The highest BCUT2D eigenvalue weighted by molar-refractivity contribution is 6.61. The minimum absolute atomic E-state index is 0.0253. The van der Waals surface area contributed by atoms with Gasteiger partial charge in [-0.2, -0.15) is 0 Å². The van der Waals surface area contributed by atoms with Crippen LogP contribution in [0, 0.1) is 5.82 Å².